The third-order valence-corrected chi connectivity index (χ3v) is 2.33. The van der Waals surface area contributed by atoms with Crippen molar-refractivity contribution >= 4 is 6.09 Å². The molecule has 1 aliphatic rings. The van der Waals surface area contributed by atoms with E-state index in [1.54, 1.807) is 0 Å². The molecule has 1 amide bonds. The number of hydrogen-bond donors (Lipinski definition) is 1. The molecule has 1 fully saturated rings. The summed E-state index contributed by atoms with van der Waals surface area (Å²) >= 11 is 0. The summed E-state index contributed by atoms with van der Waals surface area (Å²) in [6.07, 6.45) is 10.3. The van der Waals surface area contributed by atoms with E-state index in [4.69, 9.17) is 17.6 Å². The average molecular weight is 234 g/mol. The Labute approximate surface area is 103 Å². The van der Waals surface area contributed by atoms with Crippen molar-refractivity contribution in [2.75, 3.05) is 13.1 Å². The number of carbonyl (C=O) groups is 1. The van der Waals surface area contributed by atoms with Gasteiger partial charge in [-0.3, -0.25) is 10.2 Å². The summed E-state index contributed by atoms with van der Waals surface area (Å²) in [5.41, 5.74) is -0.535. The number of ether oxygens (including phenoxy) is 1. The van der Waals surface area contributed by atoms with Crippen LogP contribution in [0.2, 0.25) is 0 Å². The molecule has 1 aliphatic heterocycles. The summed E-state index contributed by atoms with van der Waals surface area (Å²) in [5.74, 6) is 5.13. The number of amides is 1. The molecule has 1 saturated heterocycles. The summed E-state index contributed by atoms with van der Waals surface area (Å²) in [6.45, 7) is 6.31. The summed E-state index contributed by atoms with van der Waals surface area (Å²) in [5, 5.41) is 3.09. The Morgan fingerprint density at radius 2 is 2.06 bits per heavy atom. The molecule has 0 aliphatic carbocycles. The molecule has 1 N–H and O–H groups in total. The maximum Gasteiger partial charge on any atom is 0.411 e. The first-order chi connectivity index (χ1) is 7.87. The molecule has 4 nitrogen and oxygen atoms in total. The highest BCUT2D eigenvalue weighted by atomic mass is 16.6. The second-order valence-corrected chi connectivity index (χ2v) is 4.94. The zero-order chi connectivity index (χ0) is 13.1. The van der Waals surface area contributed by atoms with Crippen molar-refractivity contribution in [3.8, 4) is 24.7 Å². The largest absolute Gasteiger partial charge is 0.444 e. The van der Waals surface area contributed by atoms with Gasteiger partial charge in [0.15, 0.2) is 0 Å². The number of nitrogens with zero attached hydrogens (tertiary/aromatic N) is 1. The molecule has 0 unspecified atom stereocenters. The van der Waals surface area contributed by atoms with Gasteiger partial charge in [0.05, 0.1) is 12.6 Å². The lowest BCUT2D eigenvalue weighted by atomic mass is 10.1. The lowest BCUT2D eigenvalue weighted by molar-refractivity contribution is 0.0156. The van der Waals surface area contributed by atoms with Crippen molar-refractivity contribution in [3.63, 3.8) is 0 Å². The van der Waals surface area contributed by atoms with Crippen molar-refractivity contribution in [1.29, 1.82) is 0 Å². The third kappa shape index (κ3) is 3.69. The van der Waals surface area contributed by atoms with E-state index >= 15 is 0 Å². The van der Waals surface area contributed by atoms with Gasteiger partial charge in [-0.25, -0.2) is 4.79 Å². The normalized spacial score (nSPS) is 24.6. The monoisotopic (exact) mass is 234 g/mol. The van der Waals surface area contributed by atoms with Gasteiger partial charge in [-0.05, 0) is 20.8 Å². The molecule has 0 spiro atoms. The van der Waals surface area contributed by atoms with Crippen LogP contribution in [0.1, 0.15) is 20.8 Å². The highest BCUT2D eigenvalue weighted by Gasteiger charge is 2.32. The molecule has 0 aromatic heterocycles. The first kappa shape index (κ1) is 13.4. The molecule has 4 heteroatoms. The first-order valence-corrected chi connectivity index (χ1v) is 5.52. The fourth-order valence-corrected chi connectivity index (χ4v) is 1.54. The smallest absolute Gasteiger partial charge is 0.411 e. The van der Waals surface area contributed by atoms with Crippen LogP contribution < -0.4 is 5.32 Å². The number of rotatable bonds is 0. The second kappa shape index (κ2) is 5.12. The second-order valence-electron chi connectivity index (χ2n) is 4.94. The van der Waals surface area contributed by atoms with Gasteiger partial charge in [0, 0.05) is 6.54 Å². The van der Waals surface area contributed by atoms with Crippen LogP contribution >= 0.6 is 0 Å². The van der Waals surface area contributed by atoms with Crippen molar-refractivity contribution in [3.05, 3.63) is 0 Å². The van der Waals surface area contributed by atoms with Gasteiger partial charge in [0.2, 0.25) is 0 Å². The Kier molecular flexibility index (Phi) is 4.04. The Bertz CT molecular complexity index is 370. The Hall–Kier alpha value is -1.65. The van der Waals surface area contributed by atoms with Gasteiger partial charge in [0.1, 0.15) is 11.6 Å². The molecule has 1 heterocycles. The van der Waals surface area contributed by atoms with Crippen LogP contribution in [0.15, 0.2) is 0 Å². The fourth-order valence-electron chi connectivity index (χ4n) is 1.54. The molecule has 0 aromatic rings. The minimum Gasteiger partial charge on any atom is -0.444 e. The number of nitrogens with one attached hydrogen (secondary N) is 1. The van der Waals surface area contributed by atoms with Gasteiger partial charge < -0.3 is 4.74 Å². The van der Waals surface area contributed by atoms with Gasteiger partial charge in [-0.2, -0.15) is 0 Å². The van der Waals surface area contributed by atoms with Crippen LogP contribution in [0.3, 0.4) is 0 Å². The Morgan fingerprint density at radius 3 is 2.53 bits per heavy atom. The van der Waals surface area contributed by atoms with Crippen molar-refractivity contribution in [1.82, 2.24) is 10.2 Å². The lowest BCUT2D eigenvalue weighted by Crippen LogP contribution is -2.58. The predicted molar refractivity (Wildman–Crippen MR) is 66.2 cm³/mol. The zero-order valence-electron chi connectivity index (χ0n) is 10.5. The maximum atomic E-state index is 12.0. The minimum atomic E-state index is -0.535. The molecule has 0 saturated carbocycles. The maximum absolute atomic E-state index is 12.0. The van der Waals surface area contributed by atoms with Crippen LogP contribution in [0.5, 0.6) is 0 Å². The molecule has 0 aromatic carbocycles. The summed E-state index contributed by atoms with van der Waals surface area (Å²) in [4.78, 5) is 13.5. The molecular weight excluding hydrogens is 216 g/mol. The summed E-state index contributed by atoms with van der Waals surface area (Å²) in [6, 6.07) is -0.485. The van der Waals surface area contributed by atoms with E-state index in [0.717, 1.165) is 0 Å². The van der Waals surface area contributed by atoms with Crippen molar-refractivity contribution in [2.45, 2.75) is 38.5 Å². The molecule has 17 heavy (non-hydrogen) atoms. The Morgan fingerprint density at radius 1 is 1.41 bits per heavy atom. The minimum absolute atomic E-state index is 0.174. The first-order valence-electron chi connectivity index (χ1n) is 5.52. The molecule has 2 atom stereocenters. The van der Waals surface area contributed by atoms with Crippen LogP contribution in [-0.2, 0) is 4.74 Å². The molecular formula is C13H18N2O2. The summed E-state index contributed by atoms with van der Waals surface area (Å²) in [7, 11) is 0. The molecule has 0 bridgehead atoms. The van der Waals surface area contributed by atoms with E-state index < -0.39 is 11.7 Å². The highest BCUT2D eigenvalue weighted by Crippen LogP contribution is 2.14. The topological polar surface area (TPSA) is 41.6 Å². The van der Waals surface area contributed by atoms with E-state index in [-0.39, 0.29) is 12.1 Å². The van der Waals surface area contributed by atoms with E-state index in [1.807, 2.05) is 20.8 Å². The summed E-state index contributed by atoms with van der Waals surface area (Å²) < 4.78 is 5.30. The number of piperazine rings is 1. The van der Waals surface area contributed by atoms with Gasteiger partial charge in [-0.1, -0.05) is 11.8 Å². The Balaban J connectivity index is 2.74. The average Bonchev–Trinajstić information content (AvgIpc) is 2.25. The number of terminal acetylenes is 2. The van der Waals surface area contributed by atoms with Crippen LogP contribution in [-0.4, -0.2) is 41.8 Å². The molecule has 92 valence electrons. The number of hydrogen-bond acceptors (Lipinski definition) is 3. The predicted octanol–water partition coefficient (Wildman–Crippen LogP) is 0.830. The van der Waals surface area contributed by atoms with Crippen molar-refractivity contribution < 1.29 is 9.53 Å². The van der Waals surface area contributed by atoms with Crippen LogP contribution in [0, 0.1) is 24.7 Å². The SMILES string of the molecule is C#C[C@@H]1CN(C(=O)OC(C)(C)C)[C@H](C#C)CN1. The van der Waals surface area contributed by atoms with Crippen LogP contribution in [0.4, 0.5) is 4.79 Å². The van der Waals surface area contributed by atoms with Gasteiger partial charge in [0.25, 0.3) is 0 Å². The number of carbonyl (C=O) groups excluding carboxylic acids is 1. The van der Waals surface area contributed by atoms with Crippen molar-refractivity contribution in [2.24, 2.45) is 0 Å². The molecule has 0 radical (unpaired) electrons. The highest BCUT2D eigenvalue weighted by molar-refractivity contribution is 5.69. The zero-order valence-corrected chi connectivity index (χ0v) is 10.5. The molecule has 1 rings (SSSR count). The van der Waals surface area contributed by atoms with Crippen LogP contribution in [0.25, 0.3) is 0 Å². The standard InChI is InChI=1S/C13H18N2O2/c1-6-10-9-15(11(7-2)8-14-10)12(16)17-13(3,4)5/h1-2,10-11,14H,8-9H2,3-5H3/t10-,11-/m1/s1. The van der Waals surface area contributed by atoms with E-state index in [9.17, 15) is 4.79 Å². The quantitative estimate of drug-likeness (QED) is 0.631. The van der Waals surface area contributed by atoms with E-state index in [2.05, 4.69) is 17.2 Å². The van der Waals surface area contributed by atoms with E-state index in [0.29, 0.717) is 13.1 Å². The van der Waals surface area contributed by atoms with E-state index in [1.165, 1.54) is 4.90 Å². The third-order valence-electron chi connectivity index (χ3n) is 2.33. The lowest BCUT2D eigenvalue weighted by Gasteiger charge is -2.36. The fraction of sp³-hybridized carbons (Fsp3) is 0.615. The van der Waals surface area contributed by atoms with Gasteiger partial charge >= 0.3 is 6.09 Å². The van der Waals surface area contributed by atoms with Gasteiger partial charge in [-0.15, -0.1) is 12.8 Å².